The predicted octanol–water partition coefficient (Wildman–Crippen LogP) is 0.117. The molecule has 1 rings (SSSR count). The largest absolute Gasteiger partial charge is 0.616 e. The Labute approximate surface area is 59.2 Å². The lowest BCUT2D eigenvalue weighted by Gasteiger charge is -2.31. The third-order valence-electron chi connectivity index (χ3n) is 1.46. The first-order valence-electron chi connectivity index (χ1n) is 3.20. The van der Waals surface area contributed by atoms with Gasteiger partial charge in [0.2, 0.25) is 0 Å². The van der Waals surface area contributed by atoms with E-state index in [0.29, 0.717) is 0 Å². The molecule has 1 aliphatic rings. The van der Waals surface area contributed by atoms with E-state index in [1.54, 1.807) is 0 Å². The SMILES string of the molecule is CC1(C)C[S+]([O-])CCN1. The van der Waals surface area contributed by atoms with Crippen LogP contribution in [0.25, 0.3) is 0 Å². The minimum Gasteiger partial charge on any atom is -0.616 e. The molecule has 3 heteroatoms. The Morgan fingerprint density at radius 2 is 2.22 bits per heavy atom. The lowest BCUT2D eigenvalue weighted by Crippen LogP contribution is -2.52. The zero-order chi connectivity index (χ0) is 6.91. The van der Waals surface area contributed by atoms with Crippen molar-refractivity contribution in [3.63, 3.8) is 0 Å². The van der Waals surface area contributed by atoms with E-state index in [9.17, 15) is 4.55 Å². The van der Waals surface area contributed by atoms with Gasteiger partial charge >= 0.3 is 0 Å². The normalized spacial score (nSPS) is 34.3. The summed E-state index contributed by atoms with van der Waals surface area (Å²) in [6.07, 6.45) is 0. The number of hydrogen-bond acceptors (Lipinski definition) is 2. The zero-order valence-electron chi connectivity index (χ0n) is 5.94. The van der Waals surface area contributed by atoms with Crippen molar-refractivity contribution in [2.45, 2.75) is 19.4 Å². The molecule has 1 heterocycles. The summed E-state index contributed by atoms with van der Waals surface area (Å²) in [6.45, 7) is 5.08. The van der Waals surface area contributed by atoms with Crippen LogP contribution in [0.4, 0.5) is 0 Å². The van der Waals surface area contributed by atoms with Gasteiger partial charge in [-0.1, -0.05) is 11.2 Å². The van der Waals surface area contributed by atoms with E-state index in [1.165, 1.54) is 0 Å². The molecule has 1 unspecified atom stereocenters. The van der Waals surface area contributed by atoms with Crippen LogP contribution in [0, 0.1) is 0 Å². The lowest BCUT2D eigenvalue weighted by atomic mass is 10.1. The van der Waals surface area contributed by atoms with E-state index in [1.807, 2.05) is 0 Å². The van der Waals surface area contributed by atoms with Gasteiger partial charge in [0, 0.05) is 6.54 Å². The molecule has 0 aromatic heterocycles. The van der Waals surface area contributed by atoms with Crippen molar-refractivity contribution in [2.24, 2.45) is 0 Å². The maximum atomic E-state index is 10.9. The fourth-order valence-electron chi connectivity index (χ4n) is 1.03. The van der Waals surface area contributed by atoms with Crippen molar-refractivity contribution < 1.29 is 4.55 Å². The van der Waals surface area contributed by atoms with Gasteiger partial charge in [-0.25, -0.2) is 0 Å². The second-order valence-electron chi connectivity index (χ2n) is 3.10. The van der Waals surface area contributed by atoms with Crippen LogP contribution in [0.5, 0.6) is 0 Å². The Hall–Kier alpha value is 0.270. The van der Waals surface area contributed by atoms with Crippen LogP contribution in [-0.2, 0) is 11.2 Å². The van der Waals surface area contributed by atoms with Crippen LogP contribution >= 0.6 is 0 Å². The summed E-state index contributed by atoms with van der Waals surface area (Å²) in [4.78, 5) is 0. The van der Waals surface area contributed by atoms with Crippen molar-refractivity contribution in [1.82, 2.24) is 5.32 Å². The molecule has 54 valence electrons. The molecular weight excluding hydrogens is 134 g/mol. The van der Waals surface area contributed by atoms with E-state index in [0.717, 1.165) is 18.1 Å². The fourth-order valence-corrected chi connectivity index (χ4v) is 2.41. The van der Waals surface area contributed by atoms with Crippen molar-refractivity contribution >= 4 is 11.2 Å². The highest BCUT2D eigenvalue weighted by atomic mass is 32.2. The minimum atomic E-state index is -0.572. The summed E-state index contributed by atoms with van der Waals surface area (Å²) in [5.74, 6) is 1.62. The molecule has 1 fully saturated rings. The van der Waals surface area contributed by atoms with Gasteiger partial charge in [-0.2, -0.15) is 0 Å². The molecule has 1 N–H and O–H groups in total. The smallest absolute Gasteiger partial charge is 0.123 e. The molecule has 0 saturated carbocycles. The summed E-state index contributed by atoms with van der Waals surface area (Å²) < 4.78 is 10.9. The van der Waals surface area contributed by atoms with Crippen molar-refractivity contribution in [3.8, 4) is 0 Å². The Morgan fingerprint density at radius 1 is 1.56 bits per heavy atom. The first kappa shape index (κ1) is 7.38. The third kappa shape index (κ3) is 2.16. The number of hydrogen-bond donors (Lipinski definition) is 1. The Morgan fingerprint density at radius 3 is 2.56 bits per heavy atom. The molecule has 0 amide bonds. The maximum absolute atomic E-state index is 10.9. The van der Waals surface area contributed by atoms with Crippen LogP contribution in [0.2, 0.25) is 0 Å². The Bertz CT molecular complexity index is 105. The van der Waals surface area contributed by atoms with E-state index in [-0.39, 0.29) is 5.54 Å². The lowest BCUT2D eigenvalue weighted by molar-refractivity contribution is 0.418. The van der Waals surface area contributed by atoms with Gasteiger partial charge in [0.05, 0.1) is 5.54 Å². The van der Waals surface area contributed by atoms with Gasteiger partial charge in [-0.3, -0.25) is 0 Å². The van der Waals surface area contributed by atoms with Crippen LogP contribution in [0.15, 0.2) is 0 Å². The van der Waals surface area contributed by atoms with Gasteiger partial charge in [0.25, 0.3) is 0 Å². The summed E-state index contributed by atoms with van der Waals surface area (Å²) in [5.41, 5.74) is 0.100. The van der Waals surface area contributed by atoms with Crippen LogP contribution in [0.1, 0.15) is 13.8 Å². The highest BCUT2D eigenvalue weighted by Gasteiger charge is 2.28. The van der Waals surface area contributed by atoms with Crippen molar-refractivity contribution in [1.29, 1.82) is 0 Å². The van der Waals surface area contributed by atoms with E-state index in [2.05, 4.69) is 19.2 Å². The first-order valence-corrected chi connectivity index (χ1v) is 4.69. The zero-order valence-corrected chi connectivity index (χ0v) is 6.75. The van der Waals surface area contributed by atoms with Gasteiger partial charge < -0.3 is 9.87 Å². The van der Waals surface area contributed by atoms with Gasteiger partial charge in [0.15, 0.2) is 0 Å². The predicted molar refractivity (Wildman–Crippen MR) is 40.0 cm³/mol. The topological polar surface area (TPSA) is 35.1 Å². The van der Waals surface area contributed by atoms with E-state index < -0.39 is 11.2 Å². The van der Waals surface area contributed by atoms with Crippen LogP contribution in [0.3, 0.4) is 0 Å². The molecule has 2 nitrogen and oxygen atoms in total. The minimum absolute atomic E-state index is 0.100. The maximum Gasteiger partial charge on any atom is 0.123 e. The Kier molecular flexibility index (Phi) is 2.03. The average Bonchev–Trinajstić information content (AvgIpc) is 1.60. The summed E-state index contributed by atoms with van der Waals surface area (Å²) in [7, 11) is 0. The fraction of sp³-hybridized carbons (Fsp3) is 1.00. The number of nitrogens with one attached hydrogen (secondary N) is 1. The molecule has 0 radical (unpaired) electrons. The van der Waals surface area contributed by atoms with Gasteiger partial charge in [-0.15, -0.1) is 0 Å². The first-order chi connectivity index (χ1) is 4.10. The third-order valence-corrected chi connectivity index (χ3v) is 3.16. The molecule has 0 aliphatic carbocycles. The second-order valence-corrected chi connectivity index (χ2v) is 4.68. The molecule has 0 bridgehead atoms. The summed E-state index contributed by atoms with van der Waals surface area (Å²) >= 11 is -0.572. The van der Waals surface area contributed by atoms with Crippen molar-refractivity contribution in [3.05, 3.63) is 0 Å². The van der Waals surface area contributed by atoms with Crippen LogP contribution in [-0.4, -0.2) is 28.1 Å². The van der Waals surface area contributed by atoms with Gasteiger partial charge in [0.1, 0.15) is 11.5 Å². The molecular formula is C6H13NOS. The second kappa shape index (κ2) is 2.48. The van der Waals surface area contributed by atoms with Gasteiger partial charge in [-0.05, 0) is 13.8 Å². The Balaban J connectivity index is 2.41. The summed E-state index contributed by atoms with van der Waals surface area (Å²) in [6, 6.07) is 0. The number of rotatable bonds is 0. The molecule has 0 aromatic carbocycles. The molecule has 0 aromatic rings. The molecule has 0 spiro atoms. The molecule has 1 atom stereocenters. The van der Waals surface area contributed by atoms with E-state index >= 15 is 0 Å². The van der Waals surface area contributed by atoms with E-state index in [4.69, 9.17) is 0 Å². The monoisotopic (exact) mass is 147 g/mol. The highest BCUT2D eigenvalue weighted by molar-refractivity contribution is 7.91. The standard InChI is InChI=1S/C6H13NOS/c1-6(2)5-9(8)4-3-7-6/h7H,3-5H2,1-2H3. The molecule has 1 saturated heterocycles. The average molecular weight is 147 g/mol. The quantitative estimate of drug-likeness (QED) is 0.494. The van der Waals surface area contributed by atoms with Crippen molar-refractivity contribution in [2.75, 3.05) is 18.1 Å². The molecule has 9 heavy (non-hydrogen) atoms. The highest BCUT2D eigenvalue weighted by Crippen LogP contribution is 2.11. The summed E-state index contributed by atoms with van der Waals surface area (Å²) in [5, 5.41) is 3.30. The molecule has 1 aliphatic heterocycles. The van der Waals surface area contributed by atoms with Crippen LogP contribution < -0.4 is 5.32 Å².